The summed E-state index contributed by atoms with van der Waals surface area (Å²) in [6, 6.07) is 8.61. The van der Waals surface area contributed by atoms with E-state index in [1.807, 2.05) is 19.9 Å². The van der Waals surface area contributed by atoms with Crippen LogP contribution in [0.4, 0.5) is 5.69 Å². The van der Waals surface area contributed by atoms with Crippen LogP contribution in [0.15, 0.2) is 40.0 Å². The van der Waals surface area contributed by atoms with Gasteiger partial charge in [0.15, 0.2) is 18.1 Å². The molecule has 2 aromatic carbocycles. The SMILES string of the molecule is CCOc1cc(/C=N/O)cc(Br)c1OCC(=O)Nc1ccc(C)c(Cl)c1. The molecule has 0 bridgehead atoms. The number of halogens is 2. The second kappa shape index (κ2) is 9.45. The largest absolute Gasteiger partial charge is 0.490 e. The molecule has 0 aliphatic carbocycles. The molecule has 0 aliphatic heterocycles. The van der Waals surface area contributed by atoms with Crippen molar-refractivity contribution >= 4 is 45.3 Å². The number of hydrogen-bond acceptors (Lipinski definition) is 5. The molecule has 0 fully saturated rings. The molecular formula is C18H18BrClN2O4. The maximum absolute atomic E-state index is 12.1. The molecule has 0 atom stereocenters. The van der Waals surface area contributed by atoms with Gasteiger partial charge in [-0.1, -0.05) is 22.8 Å². The Kier molecular flexibility index (Phi) is 7.29. The molecule has 0 saturated heterocycles. The average Bonchev–Trinajstić information content (AvgIpc) is 2.58. The third-order valence-corrected chi connectivity index (χ3v) is 4.34. The molecule has 1 amide bonds. The Labute approximate surface area is 164 Å². The number of benzene rings is 2. The van der Waals surface area contributed by atoms with Gasteiger partial charge in [0.25, 0.3) is 5.91 Å². The molecule has 0 aliphatic rings. The molecule has 2 rings (SSSR count). The van der Waals surface area contributed by atoms with Crippen LogP contribution in [0.5, 0.6) is 11.5 Å². The summed E-state index contributed by atoms with van der Waals surface area (Å²) >= 11 is 9.43. The minimum absolute atomic E-state index is 0.211. The molecule has 0 radical (unpaired) electrons. The van der Waals surface area contributed by atoms with E-state index in [9.17, 15) is 4.79 Å². The average molecular weight is 442 g/mol. The van der Waals surface area contributed by atoms with Crippen molar-refractivity contribution < 1.29 is 19.5 Å². The van der Waals surface area contributed by atoms with Gasteiger partial charge in [0.1, 0.15) is 0 Å². The lowest BCUT2D eigenvalue weighted by molar-refractivity contribution is -0.118. The number of nitrogens with one attached hydrogen (secondary N) is 1. The summed E-state index contributed by atoms with van der Waals surface area (Å²) in [7, 11) is 0. The molecule has 0 saturated carbocycles. The highest BCUT2D eigenvalue weighted by Gasteiger charge is 2.14. The van der Waals surface area contributed by atoms with E-state index in [2.05, 4.69) is 26.4 Å². The predicted octanol–water partition coefficient (Wildman–Crippen LogP) is 4.64. The van der Waals surface area contributed by atoms with Crippen molar-refractivity contribution in [2.45, 2.75) is 13.8 Å². The molecular weight excluding hydrogens is 424 g/mol. The number of anilines is 1. The van der Waals surface area contributed by atoms with Gasteiger partial charge in [-0.15, -0.1) is 0 Å². The Morgan fingerprint density at radius 2 is 2.12 bits per heavy atom. The molecule has 8 heteroatoms. The van der Waals surface area contributed by atoms with E-state index in [1.54, 1.807) is 24.3 Å². The van der Waals surface area contributed by atoms with E-state index < -0.39 is 0 Å². The molecule has 0 unspecified atom stereocenters. The summed E-state index contributed by atoms with van der Waals surface area (Å²) in [5, 5.41) is 15.0. The zero-order valence-electron chi connectivity index (χ0n) is 14.3. The van der Waals surface area contributed by atoms with Gasteiger partial charge in [-0.25, -0.2) is 0 Å². The maximum Gasteiger partial charge on any atom is 0.262 e. The van der Waals surface area contributed by atoms with Crippen LogP contribution in [0, 0.1) is 6.92 Å². The van der Waals surface area contributed by atoms with Crippen LogP contribution in [-0.2, 0) is 4.79 Å². The summed E-state index contributed by atoms with van der Waals surface area (Å²) < 4.78 is 11.7. The van der Waals surface area contributed by atoms with Gasteiger partial charge in [0, 0.05) is 16.3 Å². The molecule has 0 spiro atoms. The first-order valence-electron chi connectivity index (χ1n) is 7.77. The van der Waals surface area contributed by atoms with Crippen molar-refractivity contribution in [2.24, 2.45) is 5.16 Å². The third-order valence-electron chi connectivity index (χ3n) is 3.34. The van der Waals surface area contributed by atoms with Crippen LogP contribution in [-0.4, -0.2) is 30.5 Å². The van der Waals surface area contributed by atoms with Crippen LogP contribution < -0.4 is 14.8 Å². The number of carbonyl (C=O) groups is 1. The Bertz CT molecular complexity index is 827. The van der Waals surface area contributed by atoms with Crippen molar-refractivity contribution in [3.63, 3.8) is 0 Å². The Hall–Kier alpha value is -2.25. The van der Waals surface area contributed by atoms with Crippen LogP contribution in [0.1, 0.15) is 18.1 Å². The number of amides is 1. The van der Waals surface area contributed by atoms with Gasteiger partial charge >= 0.3 is 0 Å². The summed E-state index contributed by atoms with van der Waals surface area (Å²) in [6.07, 6.45) is 1.27. The second-order valence-corrected chi connectivity index (χ2v) is 6.57. The predicted molar refractivity (Wildman–Crippen MR) is 105 cm³/mol. The first kappa shape index (κ1) is 20.1. The van der Waals surface area contributed by atoms with E-state index in [4.69, 9.17) is 26.3 Å². The van der Waals surface area contributed by atoms with Gasteiger partial charge in [-0.3, -0.25) is 4.79 Å². The second-order valence-electron chi connectivity index (χ2n) is 5.31. The zero-order valence-corrected chi connectivity index (χ0v) is 16.6. The summed E-state index contributed by atoms with van der Waals surface area (Å²) in [6.45, 7) is 3.92. The first-order valence-corrected chi connectivity index (χ1v) is 8.94. The van der Waals surface area contributed by atoms with E-state index in [-0.39, 0.29) is 12.5 Å². The minimum Gasteiger partial charge on any atom is -0.490 e. The number of aryl methyl sites for hydroxylation is 1. The molecule has 6 nitrogen and oxygen atoms in total. The van der Waals surface area contributed by atoms with Gasteiger partial charge in [0.05, 0.1) is 17.3 Å². The number of nitrogens with zero attached hydrogens (tertiary/aromatic N) is 1. The van der Waals surface area contributed by atoms with Crippen molar-refractivity contribution in [1.29, 1.82) is 0 Å². The lowest BCUT2D eigenvalue weighted by Crippen LogP contribution is -2.20. The maximum atomic E-state index is 12.1. The van der Waals surface area contributed by atoms with E-state index >= 15 is 0 Å². The normalized spacial score (nSPS) is 10.8. The molecule has 26 heavy (non-hydrogen) atoms. The smallest absolute Gasteiger partial charge is 0.262 e. The molecule has 138 valence electrons. The fourth-order valence-corrected chi connectivity index (χ4v) is 2.89. The highest BCUT2D eigenvalue weighted by molar-refractivity contribution is 9.10. The standard InChI is InChI=1S/C18H18BrClN2O4/c1-3-25-16-7-12(9-21-24)6-14(19)18(16)26-10-17(23)22-13-5-4-11(2)15(20)8-13/h4-9,24H,3,10H2,1-2H3,(H,22,23)/b21-9+. The number of carbonyl (C=O) groups excluding carboxylic acids is 1. The summed E-state index contributed by atoms with van der Waals surface area (Å²) in [5.41, 5.74) is 2.14. The van der Waals surface area contributed by atoms with Gasteiger partial charge < -0.3 is 20.0 Å². The highest BCUT2D eigenvalue weighted by atomic mass is 79.9. The zero-order chi connectivity index (χ0) is 19.1. The molecule has 2 N–H and O–H groups in total. The topological polar surface area (TPSA) is 80.2 Å². The number of oxime groups is 1. The Morgan fingerprint density at radius 3 is 2.77 bits per heavy atom. The van der Waals surface area contributed by atoms with Crippen LogP contribution >= 0.6 is 27.5 Å². The van der Waals surface area contributed by atoms with Gasteiger partial charge in [0.2, 0.25) is 0 Å². The monoisotopic (exact) mass is 440 g/mol. The number of ether oxygens (including phenoxy) is 2. The molecule has 0 aromatic heterocycles. The van der Waals surface area contributed by atoms with Crippen LogP contribution in [0.2, 0.25) is 5.02 Å². The lowest BCUT2D eigenvalue weighted by Gasteiger charge is -2.14. The third kappa shape index (κ3) is 5.37. The van der Waals surface area contributed by atoms with Crippen molar-refractivity contribution in [3.05, 3.63) is 51.0 Å². The summed E-state index contributed by atoms with van der Waals surface area (Å²) in [5.74, 6) is 0.488. The molecule has 2 aromatic rings. The Morgan fingerprint density at radius 1 is 1.35 bits per heavy atom. The quantitative estimate of drug-likeness (QED) is 0.373. The lowest BCUT2D eigenvalue weighted by atomic mass is 10.2. The fourth-order valence-electron chi connectivity index (χ4n) is 2.14. The van der Waals surface area contributed by atoms with Crippen molar-refractivity contribution in [1.82, 2.24) is 0 Å². The first-order chi connectivity index (χ1) is 12.4. The van der Waals surface area contributed by atoms with Gasteiger partial charge in [-0.2, -0.15) is 0 Å². The Balaban J connectivity index is 2.09. The minimum atomic E-state index is -0.333. The number of hydrogen-bond donors (Lipinski definition) is 2. The highest BCUT2D eigenvalue weighted by Crippen LogP contribution is 2.36. The van der Waals surface area contributed by atoms with Crippen LogP contribution in [0.25, 0.3) is 0 Å². The fraction of sp³-hybridized carbons (Fsp3) is 0.222. The van der Waals surface area contributed by atoms with Crippen molar-refractivity contribution in [2.75, 3.05) is 18.5 Å². The van der Waals surface area contributed by atoms with E-state index in [0.717, 1.165) is 5.56 Å². The van der Waals surface area contributed by atoms with E-state index in [0.29, 0.717) is 38.9 Å². The summed E-state index contributed by atoms with van der Waals surface area (Å²) in [4.78, 5) is 12.1. The van der Waals surface area contributed by atoms with E-state index in [1.165, 1.54) is 6.21 Å². The van der Waals surface area contributed by atoms with Crippen LogP contribution in [0.3, 0.4) is 0 Å². The van der Waals surface area contributed by atoms with Crippen molar-refractivity contribution in [3.8, 4) is 11.5 Å². The number of rotatable bonds is 7. The van der Waals surface area contributed by atoms with Gasteiger partial charge in [-0.05, 0) is 59.6 Å². The molecule has 0 heterocycles.